The highest BCUT2D eigenvalue weighted by Crippen LogP contribution is 2.43. The van der Waals surface area contributed by atoms with E-state index in [2.05, 4.69) is 18.5 Å². The van der Waals surface area contributed by atoms with Crippen LogP contribution >= 0.6 is 0 Å². The maximum Gasteiger partial charge on any atom is 0.246 e. The van der Waals surface area contributed by atoms with E-state index in [1.165, 1.54) is 0 Å². The third kappa shape index (κ3) is 8.27. The van der Waals surface area contributed by atoms with Crippen LogP contribution in [0.1, 0.15) is 55.2 Å². The number of piperidine rings is 1. The van der Waals surface area contributed by atoms with E-state index in [0.29, 0.717) is 31.8 Å². The van der Waals surface area contributed by atoms with E-state index >= 15 is 0 Å². The Balaban J connectivity index is 0.00000523. The molecule has 9 heteroatoms. The van der Waals surface area contributed by atoms with Gasteiger partial charge in [-0.05, 0) is 54.5 Å². The van der Waals surface area contributed by atoms with Crippen LogP contribution < -0.4 is 22.3 Å². The minimum atomic E-state index is -0.838. The lowest BCUT2D eigenvalue weighted by atomic mass is 9.67. The third-order valence-electron chi connectivity index (χ3n) is 11.4. The molecule has 3 aliphatic heterocycles. The molecule has 0 radical (unpaired) electrons. The summed E-state index contributed by atoms with van der Waals surface area (Å²) in [5, 5.41) is 14.1. The van der Waals surface area contributed by atoms with Crippen molar-refractivity contribution in [3.8, 4) is 0 Å². The summed E-state index contributed by atoms with van der Waals surface area (Å²) in [5.74, 6) is -0.262. The van der Waals surface area contributed by atoms with E-state index in [4.69, 9.17) is 0 Å². The molecule has 276 valence electrons. The van der Waals surface area contributed by atoms with Crippen molar-refractivity contribution in [2.45, 2.75) is 62.1 Å². The van der Waals surface area contributed by atoms with Gasteiger partial charge in [-0.15, -0.1) is 0 Å². The van der Waals surface area contributed by atoms with Gasteiger partial charge in [0.25, 0.3) is 0 Å². The number of amides is 3. The van der Waals surface area contributed by atoms with Gasteiger partial charge >= 0.3 is 0 Å². The molecule has 0 aliphatic carbocycles. The monoisotopic (exact) mass is 768 g/mol. The minimum absolute atomic E-state index is 0. The number of carbonyl (C=O) groups is 3. The van der Waals surface area contributed by atoms with Gasteiger partial charge in [0.05, 0.1) is 37.7 Å². The second kappa shape index (κ2) is 17.6. The largest absolute Gasteiger partial charge is 1.00 e. The average molecular weight is 770 g/mol. The molecule has 52 heavy (non-hydrogen) atoms. The number of β-amino-alcohol motifs (C(OH)–C–C–N with tert-alkyl or cyclic N) is 1. The van der Waals surface area contributed by atoms with E-state index in [9.17, 15) is 19.5 Å². The van der Waals surface area contributed by atoms with Gasteiger partial charge in [0.15, 0.2) is 0 Å². The van der Waals surface area contributed by atoms with E-state index in [1.54, 1.807) is 9.80 Å². The molecule has 3 aliphatic rings. The van der Waals surface area contributed by atoms with Crippen LogP contribution in [0.2, 0.25) is 0 Å². The normalized spacial score (nSPS) is 22.6. The van der Waals surface area contributed by atoms with Gasteiger partial charge in [0, 0.05) is 38.4 Å². The van der Waals surface area contributed by atoms with Crippen LogP contribution in [0.3, 0.4) is 0 Å². The van der Waals surface area contributed by atoms with E-state index in [0.717, 1.165) is 60.2 Å². The Kier molecular flexibility index (Phi) is 13.3. The first-order valence-corrected chi connectivity index (χ1v) is 18.6. The Bertz CT molecular complexity index is 1560. The van der Waals surface area contributed by atoms with Gasteiger partial charge in [0.1, 0.15) is 12.1 Å². The lowest BCUT2D eigenvalue weighted by molar-refractivity contribution is -0.925. The maximum absolute atomic E-state index is 14.6. The number of benzene rings is 3. The fourth-order valence-corrected chi connectivity index (χ4v) is 9.05. The second-order valence-corrected chi connectivity index (χ2v) is 14.8. The average Bonchev–Trinajstić information content (AvgIpc) is 3.81. The predicted octanol–water partition coefficient (Wildman–Crippen LogP) is 2.08. The van der Waals surface area contributed by atoms with Gasteiger partial charge in [-0.25, -0.2) is 0 Å². The zero-order valence-corrected chi connectivity index (χ0v) is 31.7. The number of hydrogen-bond donors (Lipinski definition) is 2. The van der Waals surface area contributed by atoms with E-state index in [-0.39, 0.29) is 54.1 Å². The predicted molar refractivity (Wildman–Crippen MR) is 201 cm³/mol. The van der Waals surface area contributed by atoms with Crippen molar-refractivity contribution in [2.75, 3.05) is 45.8 Å². The Morgan fingerprint density at radius 3 is 1.90 bits per heavy atom. The Morgan fingerprint density at radius 1 is 0.808 bits per heavy atom. The third-order valence-corrected chi connectivity index (χ3v) is 11.4. The number of rotatable bonds is 13. The van der Waals surface area contributed by atoms with Crippen LogP contribution in [0.15, 0.2) is 116 Å². The number of aliphatic hydroxyl groups excluding tert-OH is 1. The topological polar surface area (TPSA) is 89.9 Å². The van der Waals surface area contributed by atoms with Crippen LogP contribution in [0.5, 0.6) is 0 Å². The minimum Gasteiger partial charge on any atom is -1.00 e. The molecule has 4 atom stereocenters. The molecule has 0 spiro atoms. The van der Waals surface area contributed by atoms with Crippen molar-refractivity contribution < 1.29 is 41.0 Å². The zero-order chi connectivity index (χ0) is 35.8. The molecule has 0 aromatic heterocycles. The molecule has 6 rings (SSSR count). The summed E-state index contributed by atoms with van der Waals surface area (Å²) in [6, 6.07) is 28.7. The standard InChI is InChI=1S/C43H52N4O4.BrH/c1-3-25-47(26-4-2)27-15-16-33(32-47)30-44-41(50)38-23-14-24-45(38)42(51)39-28-37(48)31-46(39)40(49)29-43(34-17-8-5-9-18-34,35-19-10-6-11-20-35)36-21-12-7-13-22-36;/h3-13,17-22,33,37-39,48H,1-2,14-16,23-32H2;1H/t33-,37-,38-,39+;/m1./s1. The van der Waals surface area contributed by atoms with Crippen LogP contribution in [-0.2, 0) is 19.8 Å². The number of likely N-dealkylation sites (tertiary alicyclic amines) is 3. The number of aliphatic hydroxyl groups is 1. The Labute approximate surface area is 319 Å². The van der Waals surface area contributed by atoms with E-state index < -0.39 is 23.6 Å². The van der Waals surface area contributed by atoms with Crippen LogP contribution in [0.25, 0.3) is 0 Å². The first-order chi connectivity index (χ1) is 24.8. The van der Waals surface area contributed by atoms with Crippen molar-refractivity contribution in [1.29, 1.82) is 0 Å². The van der Waals surface area contributed by atoms with Crippen LogP contribution in [0, 0.1) is 5.92 Å². The van der Waals surface area contributed by atoms with E-state index in [1.807, 2.05) is 103 Å². The van der Waals surface area contributed by atoms with Crippen LogP contribution in [0.4, 0.5) is 0 Å². The summed E-state index contributed by atoms with van der Waals surface area (Å²) in [6.07, 6.45) is 6.79. The van der Waals surface area contributed by atoms with Crippen LogP contribution in [-0.4, -0.2) is 101 Å². The van der Waals surface area contributed by atoms with Crippen molar-refractivity contribution >= 4 is 17.7 Å². The van der Waals surface area contributed by atoms with Gasteiger partial charge in [0.2, 0.25) is 17.7 Å². The molecule has 3 heterocycles. The first-order valence-electron chi connectivity index (χ1n) is 18.6. The molecule has 3 amide bonds. The fraction of sp³-hybridized carbons (Fsp3) is 0.419. The summed E-state index contributed by atoms with van der Waals surface area (Å²) in [7, 11) is 0. The molecule has 3 aromatic carbocycles. The number of hydrogen-bond acceptors (Lipinski definition) is 4. The van der Waals surface area contributed by atoms with Gasteiger partial charge in [-0.1, -0.05) is 104 Å². The molecule has 2 N–H and O–H groups in total. The van der Waals surface area contributed by atoms with Crippen molar-refractivity contribution in [3.63, 3.8) is 0 Å². The fourth-order valence-electron chi connectivity index (χ4n) is 9.05. The summed E-state index contributed by atoms with van der Waals surface area (Å²) < 4.78 is 0.912. The number of quaternary nitrogens is 1. The number of nitrogens with one attached hydrogen (secondary N) is 1. The maximum atomic E-state index is 14.6. The Hall–Kier alpha value is -4.05. The summed E-state index contributed by atoms with van der Waals surface area (Å²) in [6.45, 7) is 12.8. The van der Waals surface area contributed by atoms with Crippen molar-refractivity contribution in [2.24, 2.45) is 5.92 Å². The summed E-state index contributed by atoms with van der Waals surface area (Å²) in [5.41, 5.74) is 2.08. The van der Waals surface area contributed by atoms with Crippen molar-refractivity contribution in [3.05, 3.63) is 133 Å². The highest BCUT2D eigenvalue weighted by molar-refractivity contribution is 5.93. The highest BCUT2D eigenvalue weighted by Gasteiger charge is 2.47. The Morgan fingerprint density at radius 2 is 1.37 bits per heavy atom. The zero-order valence-electron chi connectivity index (χ0n) is 30.1. The van der Waals surface area contributed by atoms with Gasteiger partial charge in [-0.3, -0.25) is 14.4 Å². The molecular formula is C43H53BrN4O4. The highest BCUT2D eigenvalue weighted by atomic mass is 79.9. The molecule has 8 nitrogen and oxygen atoms in total. The summed E-state index contributed by atoms with van der Waals surface area (Å²) >= 11 is 0. The number of carbonyl (C=O) groups excluding carboxylic acids is 3. The molecular weight excluding hydrogens is 716 g/mol. The lowest BCUT2D eigenvalue weighted by Gasteiger charge is -2.43. The molecule has 3 aromatic rings. The lowest BCUT2D eigenvalue weighted by Crippen LogP contribution is -3.00. The van der Waals surface area contributed by atoms with Gasteiger partial charge in [-0.2, -0.15) is 0 Å². The van der Waals surface area contributed by atoms with Crippen molar-refractivity contribution in [1.82, 2.24) is 15.1 Å². The molecule has 0 saturated carbocycles. The molecule has 0 bridgehead atoms. The second-order valence-electron chi connectivity index (χ2n) is 14.8. The molecule has 3 fully saturated rings. The van der Waals surface area contributed by atoms with Gasteiger partial charge < -0.3 is 41.7 Å². The SMILES string of the molecule is C=CC[N+]1(CC=C)CCC[C@H](CNC(=O)[C@H]2CCCN2C(=O)[C@@H]2C[C@@H](O)CN2C(=O)CC(c2ccccc2)(c2ccccc2)c2ccccc2)C1.[Br-]. The molecule has 0 unspecified atom stereocenters. The smallest absolute Gasteiger partial charge is 0.246 e. The molecule has 3 saturated heterocycles. The number of nitrogens with zero attached hydrogens (tertiary/aromatic N) is 3. The quantitative estimate of drug-likeness (QED) is 0.159. The number of halogens is 1. The summed E-state index contributed by atoms with van der Waals surface area (Å²) in [4.78, 5) is 45.9. The first kappa shape index (κ1) is 39.2.